The molecule has 21 heavy (non-hydrogen) atoms. The number of unbranched alkanes of at least 4 members (excludes halogenated alkanes) is 1. The summed E-state index contributed by atoms with van der Waals surface area (Å²) in [6, 6.07) is 7.24. The van der Waals surface area contributed by atoms with Gasteiger partial charge in [-0.25, -0.2) is 0 Å². The molecule has 1 amide bonds. The number of para-hydroxylation sites is 2. The van der Waals surface area contributed by atoms with Crippen LogP contribution in [0.5, 0.6) is 11.5 Å². The second kappa shape index (κ2) is 7.68. The SMILES string of the molecule is CCCCNC(=S)NNC(=O)[C@H]1COc2ccccc2O1. The normalized spacial score (nSPS) is 16.0. The molecule has 2 rings (SSSR count). The lowest BCUT2D eigenvalue weighted by Gasteiger charge is -2.25. The van der Waals surface area contributed by atoms with Gasteiger partial charge in [0.15, 0.2) is 16.6 Å². The fraction of sp³-hybridized carbons (Fsp3) is 0.429. The lowest BCUT2D eigenvalue weighted by Crippen LogP contribution is -2.53. The first-order valence-corrected chi connectivity index (χ1v) is 7.33. The highest BCUT2D eigenvalue weighted by molar-refractivity contribution is 7.80. The van der Waals surface area contributed by atoms with Gasteiger partial charge in [0.25, 0.3) is 5.91 Å². The van der Waals surface area contributed by atoms with Crippen LogP contribution < -0.4 is 25.6 Å². The second-order valence-electron chi connectivity index (χ2n) is 4.59. The van der Waals surface area contributed by atoms with Gasteiger partial charge in [-0.1, -0.05) is 25.5 Å². The maximum atomic E-state index is 12.0. The maximum absolute atomic E-state index is 12.0. The number of hydrogen-bond donors (Lipinski definition) is 3. The molecule has 0 unspecified atom stereocenters. The van der Waals surface area contributed by atoms with Crippen LogP contribution in [0.3, 0.4) is 0 Å². The van der Waals surface area contributed by atoms with Gasteiger partial charge in [-0.3, -0.25) is 15.6 Å². The average Bonchev–Trinajstić information content (AvgIpc) is 2.52. The summed E-state index contributed by atoms with van der Waals surface area (Å²) in [6.45, 7) is 3.04. The van der Waals surface area contributed by atoms with Crippen molar-refractivity contribution in [2.24, 2.45) is 0 Å². The van der Waals surface area contributed by atoms with Gasteiger partial charge in [-0.05, 0) is 30.8 Å². The molecule has 0 aliphatic carbocycles. The largest absolute Gasteiger partial charge is 0.485 e. The molecule has 1 aliphatic rings. The van der Waals surface area contributed by atoms with Crippen LogP contribution in [0.15, 0.2) is 24.3 Å². The van der Waals surface area contributed by atoms with Gasteiger partial charge in [0.1, 0.15) is 6.61 Å². The van der Waals surface area contributed by atoms with Gasteiger partial charge >= 0.3 is 0 Å². The van der Waals surface area contributed by atoms with E-state index < -0.39 is 6.10 Å². The quantitative estimate of drug-likeness (QED) is 0.440. The highest BCUT2D eigenvalue weighted by Gasteiger charge is 2.27. The van der Waals surface area contributed by atoms with Crippen molar-refractivity contribution in [3.63, 3.8) is 0 Å². The zero-order valence-electron chi connectivity index (χ0n) is 11.8. The van der Waals surface area contributed by atoms with Crippen LogP contribution in [0.25, 0.3) is 0 Å². The van der Waals surface area contributed by atoms with Crippen LogP contribution in [0.4, 0.5) is 0 Å². The number of nitrogens with one attached hydrogen (secondary N) is 3. The average molecular weight is 309 g/mol. The summed E-state index contributed by atoms with van der Waals surface area (Å²) in [5.74, 6) is 0.878. The predicted octanol–water partition coefficient (Wildman–Crippen LogP) is 1.12. The summed E-state index contributed by atoms with van der Waals surface area (Å²) < 4.78 is 11.1. The van der Waals surface area contributed by atoms with Crippen LogP contribution >= 0.6 is 12.2 Å². The van der Waals surface area contributed by atoms with Crippen molar-refractivity contribution < 1.29 is 14.3 Å². The summed E-state index contributed by atoms with van der Waals surface area (Å²) in [5.41, 5.74) is 5.16. The van der Waals surface area contributed by atoms with E-state index in [1.54, 1.807) is 12.1 Å². The van der Waals surface area contributed by atoms with Crippen LogP contribution in [0.2, 0.25) is 0 Å². The highest BCUT2D eigenvalue weighted by Crippen LogP contribution is 2.30. The van der Waals surface area contributed by atoms with E-state index in [9.17, 15) is 4.79 Å². The van der Waals surface area contributed by atoms with Gasteiger partial charge < -0.3 is 14.8 Å². The molecule has 0 bridgehead atoms. The van der Waals surface area contributed by atoms with E-state index in [1.165, 1.54) is 0 Å². The Morgan fingerprint density at radius 3 is 2.86 bits per heavy atom. The third-order valence-corrected chi connectivity index (χ3v) is 3.16. The molecule has 0 radical (unpaired) electrons. The lowest BCUT2D eigenvalue weighted by molar-refractivity contribution is -0.130. The minimum atomic E-state index is -0.703. The van der Waals surface area contributed by atoms with Crippen molar-refractivity contribution in [3.05, 3.63) is 24.3 Å². The molecule has 7 heteroatoms. The highest BCUT2D eigenvalue weighted by atomic mass is 32.1. The Hall–Kier alpha value is -2.02. The molecular weight excluding hydrogens is 290 g/mol. The van der Waals surface area contributed by atoms with Crippen LogP contribution in [0.1, 0.15) is 19.8 Å². The second-order valence-corrected chi connectivity index (χ2v) is 5.00. The first-order valence-electron chi connectivity index (χ1n) is 6.93. The number of thiocarbonyl (C=S) groups is 1. The minimum Gasteiger partial charge on any atom is -0.485 e. The van der Waals surface area contributed by atoms with E-state index in [4.69, 9.17) is 21.7 Å². The smallest absolute Gasteiger partial charge is 0.283 e. The molecule has 1 aromatic carbocycles. The summed E-state index contributed by atoms with van der Waals surface area (Å²) in [6.07, 6.45) is 1.40. The standard InChI is InChI=1S/C14H19N3O3S/c1-2-3-8-15-14(21)17-16-13(18)12-9-19-10-6-4-5-7-11(10)20-12/h4-7,12H,2-3,8-9H2,1H3,(H,16,18)(H2,15,17,21)/t12-/m1/s1. The first kappa shape index (κ1) is 15.4. The van der Waals surface area contributed by atoms with Crippen molar-refractivity contribution in [1.82, 2.24) is 16.2 Å². The fourth-order valence-corrected chi connectivity index (χ4v) is 1.92. The van der Waals surface area contributed by atoms with E-state index in [0.29, 0.717) is 16.6 Å². The number of carbonyl (C=O) groups is 1. The van der Waals surface area contributed by atoms with E-state index >= 15 is 0 Å². The molecule has 114 valence electrons. The number of carbonyl (C=O) groups excluding carboxylic acids is 1. The molecule has 0 saturated heterocycles. The molecule has 1 atom stereocenters. The third-order valence-electron chi connectivity index (χ3n) is 2.92. The van der Waals surface area contributed by atoms with Crippen molar-refractivity contribution in [1.29, 1.82) is 0 Å². The van der Waals surface area contributed by atoms with E-state index in [2.05, 4.69) is 23.1 Å². The van der Waals surface area contributed by atoms with Crippen molar-refractivity contribution in [2.75, 3.05) is 13.2 Å². The number of ether oxygens (including phenoxy) is 2. The molecule has 1 aromatic rings. The van der Waals surface area contributed by atoms with Crippen LogP contribution in [-0.2, 0) is 4.79 Å². The van der Waals surface area contributed by atoms with Crippen LogP contribution in [0, 0.1) is 0 Å². The number of amides is 1. The lowest BCUT2D eigenvalue weighted by atomic mass is 10.2. The summed E-state index contributed by atoms with van der Waals surface area (Å²) in [5, 5.41) is 3.37. The Bertz CT molecular complexity index is 510. The van der Waals surface area contributed by atoms with Gasteiger partial charge in [0.2, 0.25) is 6.10 Å². The number of hydrogen-bond acceptors (Lipinski definition) is 4. The van der Waals surface area contributed by atoms with Crippen molar-refractivity contribution >= 4 is 23.2 Å². The summed E-state index contributed by atoms with van der Waals surface area (Å²) in [4.78, 5) is 12.0. The molecule has 1 aliphatic heterocycles. The van der Waals surface area contributed by atoms with Gasteiger partial charge in [0, 0.05) is 6.54 Å². The Labute approximate surface area is 129 Å². The number of benzene rings is 1. The Morgan fingerprint density at radius 2 is 2.10 bits per heavy atom. The van der Waals surface area contributed by atoms with Gasteiger partial charge in [0.05, 0.1) is 0 Å². The topological polar surface area (TPSA) is 71.6 Å². The molecule has 3 N–H and O–H groups in total. The van der Waals surface area contributed by atoms with Gasteiger partial charge in [-0.2, -0.15) is 0 Å². The molecule has 6 nitrogen and oxygen atoms in total. The van der Waals surface area contributed by atoms with Crippen LogP contribution in [-0.4, -0.2) is 30.3 Å². The predicted molar refractivity (Wildman–Crippen MR) is 83.1 cm³/mol. The van der Waals surface area contributed by atoms with Gasteiger partial charge in [-0.15, -0.1) is 0 Å². The monoisotopic (exact) mass is 309 g/mol. The number of fused-ring (bicyclic) bond motifs is 1. The van der Waals surface area contributed by atoms with E-state index in [-0.39, 0.29) is 12.5 Å². The Morgan fingerprint density at radius 1 is 1.33 bits per heavy atom. The molecule has 0 fully saturated rings. The van der Waals surface area contributed by atoms with Crippen molar-refractivity contribution in [3.8, 4) is 11.5 Å². The summed E-state index contributed by atoms with van der Waals surface area (Å²) in [7, 11) is 0. The molecule has 0 spiro atoms. The third kappa shape index (κ3) is 4.49. The molecular formula is C14H19N3O3S. The Balaban J connectivity index is 1.76. The van der Waals surface area contributed by atoms with E-state index in [0.717, 1.165) is 19.4 Å². The van der Waals surface area contributed by atoms with E-state index in [1.807, 2.05) is 12.1 Å². The molecule has 0 saturated carbocycles. The summed E-state index contributed by atoms with van der Waals surface area (Å²) >= 11 is 5.04. The number of hydrazine groups is 1. The zero-order valence-corrected chi connectivity index (χ0v) is 12.7. The zero-order chi connectivity index (χ0) is 15.1. The first-order chi connectivity index (χ1) is 10.2. The minimum absolute atomic E-state index is 0.167. The maximum Gasteiger partial charge on any atom is 0.283 e. The molecule has 0 aromatic heterocycles. The Kier molecular flexibility index (Phi) is 5.62. The fourth-order valence-electron chi connectivity index (χ4n) is 1.77. The number of rotatable bonds is 4. The van der Waals surface area contributed by atoms with Crippen molar-refractivity contribution in [2.45, 2.75) is 25.9 Å². The molecule has 1 heterocycles.